The summed E-state index contributed by atoms with van der Waals surface area (Å²) in [5, 5.41) is 2.83. The number of ketones is 1. The van der Waals surface area contributed by atoms with Gasteiger partial charge in [-0.1, -0.05) is 6.58 Å². The van der Waals surface area contributed by atoms with Gasteiger partial charge < -0.3 is 5.32 Å². The zero-order valence-corrected chi connectivity index (χ0v) is 7.49. The molecule has 2 aliphatic rings. The van der Waals surface area contributed by atoms with Gasteiger partial charge in [0.2, 0.25) is 5.91 Å². The summed E-state index contributed by atoms with van der Waals surface area (Å²) in [5.74, 6) is 0.790. The quantitative estimate of drug-likeness (QED) is 0.582. The van der Waals surface area contributed by atoms with Crippen LogP contribution in [0.25, 0.3) is 0 Å². The molecule has 0 radical (unpaired) electrons. The molecule has 1 fully saturated rings. The third-order valence-electron chi connectivity index (χ3n) is 2.01. The molecule has 2 aliphatic heterocycles. The first kappa shape index (κ1) is 8.68. The Kier molecular flexibility index (Phi) is 1.92. The summed E-state index contributed by atoms with van der Waals surface area (Å²) in [4.78, 5) is 27.6. The van der Waals surface area contributed by atoms with Gasteiger partial charge in [0.15, 0.2) is 5.78 Å². The third-order valence-corrected chi connectivity index (χ3v) is 2.01. The fraction of sp³-hybridized carbons (Fsp3) is 0.222. The Labute approximate surface area is 80.8 Å². The van der Waals surface area contributed by atoms with E-state index in [9.17, 15) is 9.59 Å². The molecule has 0 aliphatic carbocycles. The number of carbonyl (C=O) groups excluding carboxylic acids is 2. The maximum atomic E-state index is 11.3. The third kappa shape index (κ3) is 1.44. The van der Waals surface area contributed by atoms with Crippen LogP contribution in [0.3, 0.4) is 0 Å². The van der Waals surface area contributed by atoms with E-state index in [-0.39, 0.29) is 24.7 Å². The molecule has 1 amide bonds. The molecular weight excluding hydrogens is 182 g/mol. The number of likely N-dealkylation sites (tertiary alicyclic amines) is 1. The zero-order valence-electron chi connectivity index (χ0n) is 7.49. The fourth-order valence-corrected chi connectivity index (χ4v) is 1.38. The summed E-state index contributed by atoms with van der Waals surface area (Å²) >= 11 is 0. The van der Waals surface area contributed by atoms with Crippen molar-refractivity contribution in [3.8, 4) is 0 Å². The average Bonchev–Trinajstić information content (AvgIpc) is 2.45. The first-order valence-electron chi connectivity index (χ1n) is 4.19. The Morgan fingerprint density at radius 2 is 2.29 bits per heavy atom. The highest BCUT2D eigenvalue weighted by atomic mass is 16.2. The van der Waals surface area contributed by atoms with Gasteiger partial charge in [0.1, 0.15) is 11.6 Å². The lowest BCUT2D eigenvalue weighted by Crippen LogP contribution is -2.33. The Morgan fingerprint density at radius 3 is 2.86 bits per heavy atom. The van der Waals surface area contributed by atoms with Crippen molar-refractivity contribution in [1.82, 2.24) is 10.2 Å². The number of Topliss-reactive ketones (excluding diaryl/α,β-unsaturated/α-hetero) is 1. The molecule has 5 nitrogen and oxygen atoms in total. The molecule has 2 rings (SSSR count). The van der Waals surface area contributed by atoms with Gasteiger partial charge in [-0.25, -0.2) is 4.99 Å². The molecule has 0 spiro atoms. The molecule has 0 aromatic heterocycles. The van der Waals surface area contributed by atoms with E-state index in [1.54, 1.807) is 12.3 Å². The van der Waals surface area contributed by atoms with Gasteiger partial charge in [-0.2, -0.15) is 0 Å². The van der Waals surface area contributed by atoms with Crippen LogP contribution in [0.4, 0.5) is 0 Å². The first-order valence-corrected chi connectivity index (χ1v) is 4.19. The molecule has 1 N–H and O–H groups in total. The Morgan fingerprint density at radius 1 is 1.50 bits per heavy atom. The minimum absolute atomic E-state index is 0.0113. The molecule has 2 heterocycles. The highest BCUT2D eigenvalue weighted by molar-refractivity contribution is 6.06. The predicted octanol–water partition coefficient (Wildman–Crippen LogP) is -0.226. The van der Waals surface area contributed by atoms with Crippen molar-refractivity contribution in [2.45, 2.75) is 6.42 Å². The zero-order chi connectivity index (χ0) is 10.1. The summed E-state index contributed by atoms with van der Waals surface area (Å²) in [6, 6.07) is 0. The second kappa shape index (κ2) is 3.10. The van der Waals surface area contributed by atoms with E-state index in [1.165, 1.54) is 4.90 Å². The number of aliphatic imine (C=N–C) groups is 1. The summed E-state index contributed by atoms with van der Waals surface area (Å²) in [5.41, 5.74) is 0. The normalized spacial score (nSPS) is 21.3. The number of hydrogen-bond acceptors (Lipinski definition) is 4. The first-order chi connectivity index (χ1) is 6.66. The van der Waals surface area contributed by atoms with E-state index in [4.69, 9.17) is 0 Å². The monoisotopic (exact) mass is 191 g/mol. The molecule has 0 atom stereocenters. The highest BCUT2D eigenvalue weighted by Crippen LogP contribution is 2.14. The Bertz CT molecular complexity index is 382. The van der Waals surface area contributed by atoms with Crippen LogP contribution in [-0.4, -0.2) is 29.3 Å². The van der Waals surface area contributed by atoms with Crippen LogP contribution in [0.2, 0.25) is 0 Å². The number of nitrogens with one attached hydrogen (secondary N) is 1. The van der Waals surface area contributed by atoms with Gasteiger partial charge in [0.05, 0.1) is 13.0 Å². The van der Waals surface area contributed by atoms with Crippen LogP contribution < -0.4 is 5.32 Å². The van der Waals surface area contributed by atoms with Crippen molar-refractivity contribution in [1.29, 1.82) is 0 Å². The Hall–Kier alpha value is -1.91. The van der Waals surface area contributed by atoms with E-state index >= 15 is 0 Å². The molecule has 0 aromatic carbocycles. The summed E-state index contributed by atoms with van der Waals surface area (Å²) in [6.07, 6.45) is 3.18. The minimum Gasteiger partial charge on any atom is -0.327 e. The van der Waals surface area contributed by atoms with Gasteiger partial charge >= 0.3 is 0 Å². The van der Waals surface area contributed by atoms with Crippen molar-refractivity contribution >= 4 is 17.9 Å². The second-order valence-electron chi connectivity index (χ2n) is 3.10. The maximum Gasteiger partial charge on any atom is 0.236 e. The highest BCUT2D eigenvalue weighted by Gasteiger charge is 2.30. The number of amides is 1. The molecule has 5 heteroatoms. The number of rotatable bonds is 1. The average molecular weight is 191 g/mol. The van der Waals surface area contributed by atoms with Gasteiger partial charge in [0.25, 0.3) is 0 Å². The smallest absolute Gasteiger partial charge is 0.236 e. The maximum absolute atomic E-state index is 11.3. The van der Waals surface area contributed by atoms with Gasteiger partial charge in [-0.05, 0) is 6.08 Å². The number of carbonyl (C=O) groups is 2. The van der Waals surface area contributed by atoms with Crippen LogP contribution in [0.1, 0.15) is 6.42 Å². The molecule has 0 aromatic rings. The van der Waals surface area contributed by atoms with Crippen LogP contribution in [0, 0.1) is 0 Å². The van der Waals surface area contributed by atoms with E-state index in [0.29, 0.717) is 11.6 Å². The van der Waals surface area contributed by atoms with Crippen molar-refractivity contribution in [2.75, 3.05) is 6.54 Å². The van der Waals surface area contributed by atoms with E-state index in [2.05, 4.69) is 16.9 Å². The standard InChI is InChI=1S/C9H9N3O2/c1-6-10-3-2-8(11-6)12-5-7(13)4-9(12)14/h2-3,11H,1,4-5H2. The number of hydrogen-bond donors (Lipinski definition) is 1. The fourth-order valence-electron chi connectivity index (χ4n) is 1.38. The predicted molar refractivity (Wildman–Crippen MR) is 50.2 cm³/mol. The van der Waals surface area contributed by atoms with Gasteiger partial charge in [0, 0.05) is 6.21 Å². The largest absolute Gasteiger partial charge is 0.327 e. The summed E-state index contributed by atoms with van der Waals surface area (Å²) in [7, 11) is 0. The van der Waals surface area contributed by atoms with Crippen molar-refractivity contribution < 1.29 is 9.59 Å². The van der Waals surface area contributed by atoms with Crippen molar-refractivity contribution in [3.63, 3.8) is 0 Å². The lowest BCUT2D eigenvalue weighted by molar-refractivity contribution is -0.126. The van der Waals surface area contributed by atoms with Gasteiger partial charge in [-0.3, -0.25) is 14.5 Å². The SMILES string of the molecule is C=C1N=CC=C(N2CC(=O)CC2=O)N1. The van der Waals surface area contributed by atoms with E-state index in [0.717, 1.165) is 0 Å². The lowest BCUT2D eigenvalue weighted by Gasteiger charge is -2.21. The minimum atomic E-state index is -0.183. The molecule has 14 heavy (non-hydrogen) atoms. The lowest BCUT2D eigenvalue weighted by atomic mass is 10.3. The molecule has 72 valence electrons. The van der Waals surface area contributed by atoms with Gasteiger partial charge in [-0.15, -0.1) is 0 Å². The van der Waals surface area contributed by atoms with E-state index < -0.39 is 0 Å². The summed E-state index contributed by atoms with van der Waals surface area (Å²) in [6.45, 7) is 3.74. The molecule has 1 saturated heterocycles. The van der Waals surface area contributed by atoms with Crippen LogP contribution in [-0.2, 0) is 9.59 Å². The number of allylic oxidation sites excluding steroid dienone is 1. The number of nitrogens with zero attached hydrogens (tertiary/aromatic N) is 2. The molecule has 0 bridgehead atoms. The Balaban J connectivity index is 2.20. The van der Waals surface area contributed by atoms with E-state index in [1.807, 2.05) is 0 Å². The topological polar surface area (TPSA) is 61.8 Å². The van der Waals surface area contributed by atoms with Crippen LogP contribution >= 0.6 is 0 Å². The van der Waals surface area contributed by atoms with Crippen LogP contribution in [0.5, 0.6) is 0 Å². The molecule has 0 saturated carbocycles. The molecule has 0 unspecified atom stereocenters. The summed E-state index contributed by atoms with van der Waals surface area (Å²) < 4.78 is 0. The molecular formula is C9H9N3O2. The second-order valence-corrected chi connectivity index (χ2v) is 3.10. The van der Waals surface area contributed by atoms with Crippen molar-refractivity contribution in [3.05, 3.63) is 24.3 Å². The van der Waals surface area contributed by atoms with Crippen molar-refractivity contribution in [2.24, 2.45) is 4.99 Å². The van der Waals surface area contributed by atoms with Crippen LogP contribution in [0.15, 0.2) is 29.3 Å².